The van der Waals surface area contributed by atoms with E-state index in [1.165, 1.54) is 20.2 Å². The van der Waals surface area contributed by atoms with Crippen LogP contribution in [0.15, 0.2) is 39.9 Å². The number of ether oxygens (including phenoxy) is 3. The van der Waals surface area contributed by atoms with Gasteiger partial charge < -0.3 is 14.2 Å². The highest BCUT2D eigenvalue weighted by atomic mass is 79.9. The zero-order valence-electron chi connectivity index (χ0n) is 17.6. The number of nitrogens with zero attached hydrogens (tertiary/aromatic N) is 1. The van der Waals surface area contributed by atoms with E-state index in [-0.39, 0.29) is 12.5 Å². The minimum Gasteiger partial charge on any atom is -0.497 e. The molecule has 0 aliphatic heterocycles. The van der Waals surface area contributed by atoms with Crippen molar-refractivity contribution in [3.8, 4) is 17.2 Å². The Bertz CT molecular complexity index is 957. The molecule has 2 aromatic rings. The molecule has 30 heavy (non-hydrogen) atoms. The summed E-state index contributed by atoms with van der Waals surface area (Å²) in [6.45, 7) is 7.19. The number of methoxy groups -OCH3 is 1. The highest BCUT2D eigenvalue weighted by Crippen LogP contribution is 2.32. The van der Waals surface area contributed by atoms with E-state index in [1.807, 2.05) is 19.1 Å². The molecule has 0 bridgehead atoms. The number of hydrogen-bond acceptors (Lipinski definition) is 6. The fourth-order valence-corrected chi connectivity index (χ4v) is 2.96. The predicted octanol–water partition coefficient (Wildman–Crippen LogP) is 4.34. The number of benzene rings is 2. The lowest BCUT2D eigenvalue weighted by atomic mass is 10.0. The van der Waals surface area contributed by atoms with Crippen molar-refractivity contribution in [3.05, 3.63) is 51.5 Å². The number of carbonyl (C=O) groups excluding carboxylic acids is 2. The third kappa shape index (κ3) is 6.59. The van der Waals surface area contributed by atoms with Gasteiger partial charge in [-0.05, 0) is 54.3 Å². The molecule has 0 saturated heterocycles. The van der Waals surface area contributed by atoms with Crippen LogP contribution in [0.25, 0.3) is 0 Å². The van der Waals surface area contributed by atoms with Gasteiger partial charge in [0.05, 0.1) is 13.3 Å². The molecule has 1 N–H and O–H groups in total. The second-order valence-corrected chi connectivity index (χ2v) is 7.73. The van der Waals surface area contributed by atoms with E-state index in [1.54, 1.807) is 18.2 Å². The monoisotopic (exact) mass is 476 g/mol. The van der Waals surface area contributed by atoms with Crippen LogP contribution in [0, 0.1) is 6.92 Å². The summed E-state index contributed by atoms with van der Waals surface area (Å²) in [6, 6.07) is 8.80. The van der Waals surface area contributed by atoms with Gasteiger partial charge in [0.25, 0.3) is 5.91 Å². The zero-order valence-corrected chi connectivity index (χ0v) is 19.2. The first-order valence-electron chi connectivity index (χ1n) is 9.32. The van der Waals surface area contributed by atoms with Crippen molar-refractivity contribution in [1.29, 1.82) is 0 Å². The molecule has 0 atom stereocenters. The van der Waals surface area contributed by atoms with Crippen LogP contribution < -0.4 is 19.6 Å². The molecule has 2 rings (SSSR count). The lowest BCUT2D eigenvalue weighted by Crippen LogP contribution is -2.25. The Morgan fingerprint density at radius 3 is 2.57 bits per heavy atom. The number of halogens is 1. The Hall–Kier alpha value is -2.87. The number of amides is 1. The maximum Gasteiger partial charge on any atom is 0.308 e. The van der Waals surface area contributed by atoms with Crippen molar-refractivity contribution < 1.29 is 23.8 Å². The molecular formula is C22H25BrN2O5. The summed E-state index contributed by atoms with van der Waals surface area (Å²) in [5, 5.41) is 3.93. The van der Waals surface area contributed by atoms with E-state index < -0.39 is 11.9 Å². The molecule has 160 valence electrons. The maximum atomic E-state index is 12.2. The third-order valence-corrected chi connectivity index (χ3v) is 4.99. The van der Waals surface area contributed by atoms with Crippen LogP contribution in [0.5, 0.6) is 17.2 Å². The highest BCUT2D eigenvalue weighted by Gasteiger charge is 2.12. The molecule has 8 heteroatoms. The first-order chi connectivity index (χ1) is 14.2. The number of hydrogen-bond donors (Lipinski definition) is 1. The Balaban J connectivity index is 2.04. The Labute approximate surface area is 184 Å². The number of esters is 1. The van der Waals surface area contributed by atoms with Crippen LogP contribution in [0.1, 0.15) is 43.4 Å². The molecule has 0 fully saturated rings. The molecular weight excluding hydrogens is 452 g/mol. The molecule has 0 spiro atoms. The molecule has 0 aliphatic carbocycles. The average Bonchev–Trinajstić information content (AvgIpc) is 2.69. The van der Waals surface area contributed by atoms with Gasteiger partial charge in [0.1, 0.15) is 17.2 Å². The number of carbonyl (C=O) groups is 2. The SMILES string of the molecule is COc1ccc(OC(C)=O)c(/C=N\NC(=O)COc2cc(C)c(Br)cc2C(C)C)c1. The highest BCUT2D eigenvalue weighted by molar-refractivity contribution is 9.10. The molecule has 0 heterocycles. The number of nitrogens with one attached hydrogen (secondary N) is 1. The fraction of sp³-hybridized carbons (Fsp3) is 0.318. The first-order valence-corrected chi connectivity index (χ1v) is 10.1. The van der Waals surface area contributed by atoms with Gasteiger partial charge in [0, 0.05) is 17.0 Å². The van der Waals surface area contributed by atoms with Crippen LogP contribution in [-0.2, 0) is 9.59 Å². The standard InChI is InChI=1S/C22H25BrN2O5/c1-13(2)18-10-19(23)14(3)8-21(18)29-12-22(27)25-24-11-16-9-17(28-5)6-7-20(16)30-15(4)26/h6-11,13H,12H2,1-5H3,(H,25,27)/b24-11-. The topological polar surface area (TPSA) is 86.2 Å². The minimum atomic E-state index is -0.460. The third-order valence-electron chi connectivity index (χ3n) is 4.14. The Morgan fingerprint density at radius 1 is 1.20 bits per heavy atom. The molecule has 1 amide bonds. The van der Waals surface area contributed by atoms with Crippen molar-refractivity contribution in [2.24, 2.45) is 5.10 Å². The summed E-state index contributed by atoms with van der Waals surface area (Å²) in [4.78, 5) is 23.4. The molecule has 0 aromatic heterocycles. The van der Waals surface area contributed by atoms with E-state index in [0.29, 0.717) is 22.8 Å². The van der Waals surface area contributed by atoms with Gasteiger partial charge in [-0.3, -0.25) is 9.59 Å². The molecule has 0 radical (unpaired) electrons. The Kier molecular flexibility index (Phi) is 8.41. The van der Waals surface area contributed by atoms with E-state index in [9.17, 15) is 9.59 Å². The molecule has 7 nitrogen and oxygen atoms in total. The second kappa shape index (κ2) is 10.8. The summed E-state index contributed by atoms with van der Waals surface area (Å²) in [6.07, 6.45) is 1.38. The maximum absolute atomic E-state index is 12.2. The van der Waals surface area contributed by atoms with Crippen molar-refractivity contribution in [2.45, 2.75) is 33.6 Å². The van der Waals surface area contributed by atoms with Crippen molar-refractivity contribution >= 4 is 34.0 Å². The van der Waals surface area contributed by atoms with Crippen molar-refractivity contribution in [3.63, 3.8) is 0 Å². The van der Waals surface area contributed by atoms with Crippen LogP contribution in [-0.4, -0.2) is 31.8 Å². The minimum absolute atomic E-state index is 0.187. The number of rotatable bonds is 8. The molecule has 0 aliphatic rings. The van der Waals surface area contributed by atoms with Gasteiger partial charge in [0.15, 0.2) is 6.61 Å². The molecule has 0 unspecified atom stereocenters. The van der Waals surface area contributed by atoms with Crippen LogP contribution in [0.3, 0.4) is 0 Å². The normalized spacial score (nSPS) is 10.9. The summed E-state index contributed by atoms with van der Waals surface area (Å²) >= 11 is 3.52. The second-order valence-electron chi connectivity index (χ2n) is 6.87. The van der Waals surface area contributed by atoms with Crippen LogP contribution in [0.4, 0.5) is 0 Å². The summed E-state index contributed by atoms with van der Waals surface area (Å²) in [7, 11) is 1.52. The van der Waals surface area contributed by atoms with Gasteiger partial charge in [0.2, 0.25) is 0 Å². The molecule has 2 aromatic carbocycles. The number of hydrazone groups is 1. The van der Waals surface area contributed by atoms with Gasteiger partial charge in [-0.25, -0.2) is 5.43 Å². The van der Waals surface area contributed by atoms with E-state index >= 15 is 0 Å². The van der Waals surface area contributed by atoms with Crippen LogP contribution >= 0.6 is 15.9 Å². The largest absolute Gasteiger partial charge is 0.497 e. The van der Waals surface area contributed by atoms with Gasteiger partial charge >= 0.3 is 5.97 Å². The van der Waals surface area contributed by atoms with Gasteiger partial charge in [-0.15, -0.1) is 0 Å². The van der Waals surface area contributed by atoms with E-state index in [2.05, 4.69) is 40.3 Å². The lowest BCUT2D eigenvalue weighted by Gasteiger charge is -2.15. The lowest BCUT2D eigenvalue weighted by molar-refractivity contribution is -0.132. The average molecular weight is 477 g/mol. The fourth-order valence-electron chi connectivity index (χ4n) is 2.60. The quantitative estimate of drug-likeness (QED) is 0.265. The van der Waals surface area contributed by atoms with Gasteiger partial charge in [-0.2, -0.15) is 5.10 Å². The Morgan fingerprint density at radius 2 is 1.93 bits per heavy atom. The molecule has 0 saturated carbocycles. The van der Waals surface area contributed by atoms with Crippen LogP contribution in [0.2, 0.25) is 0 Å². The van der Waals surface area contributed by atoms with Gasteiger partial charge in [-0.1, -0.05) is 29.8 Å². The summed E-state index contributed by atoms with van der Waals surface area (Å²) in [5.41, 5.74) is 4.92. The smallest absolute Gasteiger partial charge is 0.308 e. The first kappa shape index (κ1) is 23.4. The summed E-state index contributed by atoms with van der Waals surface area (Å²) in [5.74, 6) is 0.898. The van der Waals surface area contributed by atoms with Crippen molar-refractivity contribution in [1.82, 2.24) is 5.43 Å². The zero-order chi connectivity index (χ0) is 22.3. The summed E-state index contributed by atoms with van der Waals surface area (Å²) < 4.78 is 17.0. The van der Waals surface area contributed by atoms with E-state index in [4.69, 9.17) is 14.2 Å². The van der Waals surface area contributed by atoms with E-state index in [0.717, 1.165) is 15.6 Å². The number of aryl methyl sites for hydroxylation is 1. The predicted molar refractivity (Wildman–Crippen MR) is 119 cm³/mol. The van der Waals surface area contributed by atoms with Crippen molar-refractivity contribution in [2.75, 3.05) is 13.7 Å².